The fraction of sp³-hybridized carbons (Fsp3) is 0.206. The van der Waals surface area contributed by atoms with Crippen LogP contribution in [0.25, 0.3) is 95.0 Å². The van der Waals surface area contributed by atoms with Crippen molar-refractivity contribution in [2.45, 2.75) is 91.8 Å². The molecule has 2 aromatic heterocycles. The standard InChI is InChI=1S/C68H64N3O.Pt/c1-43-28-30-46(31-29-43)48-34-35-69-59(40-48)52-38-50(45-20-14-12-15-21-45)37-51(39-52)55-25-19-27-61-63(55)70-65(56-41-53(66(3,4)5)42-58(64(56)72)68(9,10)11)71(61)60-33-32-49(36-44(60)2)62-54(47-22-16-13-17-23-47)24-18-26-57(62)67(6,7)8;/h12-38,40-42,72H,1-11H3;/q-1;/i1D3,2D3,3D3,4D3,5D3,9D3,10D3,11D3;. The number of imidazole rings is 1. The number of para-hydroxylation sites is 1. The first-order valence-electron chi connectivity index (χ1n) is 35.2. The second-order valence-electron chi connectivity index (χ2n) is 19.0. The van der Waals surface area contributed by atoms with Crippen molar-refractivity contribution in [3.05, 3.63) is 216 Å². The van der Waals surface area contributed by atoms with Crippen LogP contribution < -0.4 is 0 Å². The SMILES string of the molecule is [2H]C([2H])([2H])c1ccc(-c2ccnc(-c3[c-]c(-c4cccc5c4nc(-c4cc(C(C([2H])([2H])[2H])(C([2H])([2H])[2H])C([2H])([2H])[2H])cc(C(C([2H])([2H])[2H])(C([2H])([2H])[2H])C([2H])([2H])[2H])c4O)n5-c4ccc(-c5c(-c6ccccc6)cccc5C(C)(C)C)cc4C([2H])([2H])[2H])cc(-c4ccccc4)c3)c2)cc1.[Pt]. The molecule has 368 valence electrons. The maximum Gasteiger partial charge on any atom is 0.148 e. The molecule has 0 aliphatic carbocycles. The van der Waals surface area contributed by atoms with Crippen molar-refractivity contribution in [1.29, 1.82) is 0 Å². The van der Waals surface area contributed by atoms with Gasteiger partial charge in [0.25, 0.3) is 0 Å². The number of pyridine rings is 1. The van der Waals surface area contributed by atoms with E-state index in [1.54, 1.807) is 54.7 Å². The van der Waals surface area contributed by atoms with E-state index in [-0.39, 0.29) is 60.5 Å². The third-order valence-electron chi connectivity index (χ3n) is 12.9. The number of aromatic nitrogens is 3. The molecule has 0 aliphatic rings. The average Bonchev–Trinajstić information content (AvgIpc) is 1.22. The van der Waals surface area contributed by atoms with Crippen molar-refractivity contribution in [1.82, 2.24) is 14.5 Å². The number of phenolic OH excluding ortho intramolecular Hbond substituents is 1. The van der Waals surface area contributed by atoms with E-state index in [2.05, 4.69) is 6.07 Å². The van der Waals surface area contributed by atoms with E-state index in [1.165, 1.54) is 34.9 Å². The molecule has 10 aromatic rings. The van der Waals surface area contributed by atoms with Gasteiger partial charge in [-0.25, -0.2) is 4.98 Å². The molecule has 8 aromatic carbocycles. The first-order chi connectivity index (χ1) is 44.3. The maximum absolute atomic E-state index is 13.2. The van der Waals surface area contributed by atoms with E-state index in [0.29, 0.717) is 50.7 Å². The second-order valence-corrected chi connectivity index (χ2v) is 19.0. The number of aryl methyl sites for hydroxylation is 2. The minimum Gasteiger partial charge on any atom is -0.507 e. The molecule has 0 fully saturated rings. The summed E-state index contributed by atoms with van der Waals surface area (Å²) in [6, 6.07) is 51.0. The Labute approximate surface area is 480 Å². The van der Waals surface area contributed by atoms with E-state index < -0.39 is 105 Å². The van der Waals surface area contributed by atoms with Crippen LogP contribution in [-0.4, -0.2) is 19.6 Å². The van der Waals surface area contributed by atoms with Crippen molar-refractivity contribution in [2.75, 3.05) is 0 Å². The molecule has 0 radical (unpaired) electrons. The Balaban J connectivity index is 0.0000110. The van der Waals surface area contributed by atoms with Gasteiger partial charge in [-0.3, -0.25) is 9.55 Å². The van der Waals surface area contributed by atoms with Gasteiger partial charge in [0.05, 0.1) is 22.3 Å². The number of aromatic hydroxyl groups is 1. The third kappa shape index (κ3) is 10.0. The van der Waals surface area contributed by atoms with Crippen molar-refractivity contribution in [2.24, 2.45) is 0 Å². The van der Waals surface area contributed by atoms with Gasteiger partial charge in [0, 0.05) is 71.4 Å². The van der Waals surface area contributed by atoms with Crippen LogP contribution in [0, 0.1) is 19.8 Å². The van der Waals surface area contributed by atoms with Gasteiger partial charge in [-0.15, -0.1) is 23.8 Å². The molecule has 0 unspecified atom stereocenters. The molecule has 0 spiro atoms. The van der Waals surface area contributed by atoms with Crippen LogP contribution in [0.15, 0.2) is 182 Å². The predicted octanol–water partition coefficient (Wildman–Crippen LogP) is 18.1. The van der Waals surface area contributed by atoms with Gasteiger partial charge in [-0.2, -0.15) is 0 Å². The smallest absolute Gasteiger partial charge is 0.148 e. The van der Waals surface area contributed by atoms with Gasteiger partial charge in [0.2, 0.25) is 0 Å². The van der Waals surface area contributed by atoms with Crippen LogP contribution in [0.5, 0.6) is 5.75 Å². The van der Waals surface area contributed by atoms with Crippen molar-refractivity contribution in [3.8, 4) is 89.7 Å². The van der Waals surface area contributed by atoms with Crippen LogP contribution in [-0.2, 0) is 37.3 Å². The molecular formula is C68H64N3OPt-. The first-order valence-corrected chi connectivity index (χ1v) is 23.2. The molecule has 10 rings (SSSR count). The Kier molecular flexibility index (Phi) is 7.81. The predicted molar refractivity (Wildman–Crippen MR) is 303 cm³/mol. The van der Waals surface area contributed by atoms with Gasteiger partial charge >= 0.3 is 0 Å². The Hall–Kier alpha value is -7.13. The summed E-state index contributed by atoms with van der Waals surface area (Å²) in [5.74, 6) is -2.24. The molecule has 73 heavy (non-hydrogen) atoms. The third-order valence-corrected chi connectivity index (χ3v) is 12.9. The number of hydrogen-bond donors (Lipinski definition) is 1. The Morgan fingerprint density at radius 3 is 1.89 bits per heavy atom. The van der Waals surface area contributed by atoms with E-state index in [0.717, 1.165) is 16.7 Å². The van der Waals surface area contributed by atoms with Gasteiger partial charge in [-0.1, -0.05) is 218 Å². The molecule has 0 saturated heterocycles. The topological polar surface area (TPSA) is 50.9 Å². The largest absolute Gasteiger partial charge is 0.507 e. The zero-order chi connectivity index (χ0) is 70.7. The molecule has 0 bridgehead atoms. The second kappa shape index (κ2) is 19.7. The first kappa shape index (κ1) is 28.9. The summed E-state index contributed by atoms with van der Waals surface area (Å²) in [5, 5.41) is 13.2. The number of phenols is 1. The number of nitrogens with zero attached hydrogens (tertiary/aromatic N) is 3. The van der Waals surface area contributed by atoms with Crippen molar-refractivity contribution in [3.63, 3.8) is 0 Å². The Morgan fingerprint density at radius 1 is 0.521 bits per heavy atom. The summed E-state index contributed by atoms with van der Waals surface area (Å²) >= 11 is 0. The normalized spacial score (nSPS) is 18.2. The molecule has 0 aliphatic heterocycles. The summed E-state index contributed by atoms with van der Waals surface area (Å²) in [6.07, 6.45) is 1.56. The van der Waals surface area contributed by atoms with Crippen LogP contribution >= 0.6 is 0 Å². The monoisotopic (exact) mass is 1160 g/mol. The quantitative estimate of drug-likeness (QED) is 0.154. The number of rotatable bonds is 8. The molecule has 2 heterocycles. The van der Waals surface area contributed by atoms with Crippen LogP contribution in [0.4, 0.5) is 0 Å². The fourth-order valence-corrected chi connectivity index (χ4v) is 9.35. The van der Waals surface area contributed by atoms with Crippen LogP contribution in [0.2, 0.25) is 0 Å². The summed E-state index contributed by atoms with van der Waals surface area (Å²) in [7, 11) is 0. The number of fused-ring (bicyclic) bond motifs is 1. The average molecular weight is 1160 g/mol. The Bertz CT molecular complexity index is 4500. The molecule has 0 amide bonds. The van der Waals surface area contributed by atoms with E-state index in [4.69, 9.17) is 38.8 Å². The summed E-state index contributed by atoms with van der Waals surface area (Å²) in [4.78, 5) is 9.83. The van der Waals surface area contributed by atoms with E-state index in [9.17, 15) is 9.22 Å². The molecule has 4 nitrogen and oxygen atoms in total. The summed E-state index contributed by atoms with van der Waals surface area (Å²) in [6.45, 7) is -24.8. The minimum atomic E-state index is -4.29. The zero-order valence-electron chi connectivity index (χ0n) is 63.9. The fourth-order valence-electron chi connectivity index (χ4n) is 9.35. The van der Waals surface area contributed by atoms with Gasteiger partial charge in [0.1, 0.15) is 11.6 Å². The van der Waals surface area contributed by atoms with Gasteiger partial charge in [-0.05, 0) is 116 Å². The number of hydrogen-bond acceptors (Lipinski definition) is 3. The summed E-state index contributed by atoms with van der Waals surface area (Å²) < 4.78 is 212. The zero-order valence-corrected chi connectivity index (χ0v) is 42.2. The van der Waals surface area contributed by atoms with E-state index >= 15 is 0 Å². The minimum absolute atomic E-state index is 0. The van der Waals surface area contributed by atoms with Crippen LogP contribution in [0.1, 0.15) is 123 Å². The molecular weight excluding hydrogens is 1070 g/mol. The van der Waals surface area contributed by atoms with Gasteiger partial charge < -0.3 is 5.11 Å². The number of benzene rings is 8. The van der Waals surface area contributed by atoms with Gasteiger partial charge in [0.15, 0.2) is 0 Å². The van der Waals surface area contributed by atoms with Crippen molar-refractivity contribution >= 4 is 11.0 Å². The molecule has 5 heteroatoms. The Morgan fingerprint density at radius 2 is 1.19 bits per heavy atom. The molecule has 0 atom stereocenters. The van der Waals surface area contributed by atoms with Crippen molar-refractivity contribution < 1.29 is 59.1 Å². The molecule has 1 N–H and O–H groups in total. The maximum atomic E-state index is 13.2. The summed E-state index contributed by atoms with van der Waals surface area (Å²) in [5.41, 5.74) is -6.44. The molecule has 0 saturated carbocycles. The van der Waals surface area contributed by atoms with E-state index in [1.807, 2.05) is 106 Å². The van der Waals surface area contributed by atoms with Crippen LogP contribution in [0.3, 0.4) is 0 Å².